The van der Waals surface area contributed by atoms with Crippen molar-refractivity contribution in [1.82, 2.24) is 19.5 Å². The highest BCUT2D eigenvalue weighted by Gasteiger charge is 2.38. The Morgan fingerprint density at radius 2 is 1.72 bits per heavy atom. The van der Waals surface area contributed by atoms with E-state index in [9.17, 15) is 27.9 Å². The van der Waals surface area contributed by atoms with E-state index in [1.165, 1.54) is 13.3 Å². The normalized spacial score (nSPS) is 11.9. The summed E-state index contributed by atoms with van der Waals surface area (Å²) in [6.07, 6.45) is -0.558. The van der Waals surface area contributed by atoms with Crippen LogP contribution in [0.3, 0.4) is 0 Å². The summed E-state index contributed by atoms with van der Waals surface area (Å²) in [5.74, 6) is -3.87. The number of carbonyl (C=O) groups is 2. The summed E-state index contributed by atoms with van der Waals surface area (Å²) < 4.78 is 32.8. The number of rotatable bonds is 4. The van der Waals surface area contributed by atoms with Gasteiger partial charge >= 0.3 is 18.1 Å². The zero-order valence-electron chi connectivity index (χ0n) is 18.3. The topological polar surface area (TPSA) is 135 Å². The Labute approximate surface area is 205 Å². The van der Waals surface area contributed by atoms with Crippen molar-refractivity contribution in [3.8, 4) is 22.5 Å². The summed E-state index contributed by atoms with van der Waals surface area (Å²) in [4.78, 5) is 46.6. The van der Waals surface area contributed by atoms with Crippen LogP contribution >= 0.6 is 11.6 Å². The van der Waals surface area contributed by atoms with Gasteiger partial charge in [0.2, 0.25) is 0 Å². The second-order valence-corrected chi connectivity index (χ2v) is 7.71. The number of fused-ring (bicyclic) bond motifs is 1. The molecule has 3 aromatic heterocycles. The monoisotopic (exact) mass is 520 g/mol. The highest BCUT2D eigenvalue weighted by molar-refractivity contribution is 6.30. The van der Waals surface area contributed by atoms with Crippen LogP contribution in [-0.2, 0) is 9.59 Å². The first-order valence-electron chi connectivity index (χ1n) is 10.0. The minimum Gasteiger partial charge on any atom is -0.480 e. The number of hydrogen-bond donors (Lipinski definition) is 2. The lowest BCUT2D eigenvalue weighted by atomic mass is 10.1. The molecular formula is C23H16ClF3N4O5. The number of pyridine rings is 2. The first-order chi connectivity index (χ1) is 16.9. The third-order valence-corrected chi connectivity index (χ3v) is 5.11. The van der Waals surface area contributed by atoms with E-state index < -0.39 is 29.7 Å². The number of carboxylic acid groups (broad SMARTS) is 2. The van der Waals surface area contributed by atoms with Crippen molar-refractivity contribution in [2.45, 2.75) is 19.1 Å². The van der Waals surface area contributed by atoms with Crippen LogP contribution in [0.5, 0.6) is 0 Å². The van der Waals surface area contributed by atoms with Gasteiger partial charge in [-0.1, -0.05) is 23.7 Å². The molecule has 0 bridgehead atoms. The maximum absolute atomic E-state index is 13.1. The fourth-order valence-corrected chi connectivity index (χ4v) is 3.14. The Morgan fingerprint density at radius 3 is 2.25 bits per heavy atom. The molecule has 0 spiro atoms. The lowest BCUT2D eigenvalue weighted by Gasteiger charge is -2.13. The van der Waals surface area contributed by atoms with Crippen LogP contribution in [0.1, 0.15) is 13.0 Å². The van der Waals surface area contributed by atoms with E-state index in [1.54, 1.807) is 48.8 Å². The van der Waals surface area contributed by atoms with Crippen LogP contribution in [0, 0.1) is 0 Å². The van der Waals surface area contributed by atoms with Crippen molar-refractivity contribution in [2.75, 3.05) is 0 Å². The van der Waals surface area contributed by atoms with Gasteiger partial charge in [-0.25, -0.2) is 19.6 Å². The zero-order valence-corrected chi connectivity index (χ0v) is 19.0. The lowest BCUT2D eigenvalue weighted by Crippen LogP contribution is -2.28. The molecule has 0 fully saturated rings. The molecular weight excluding hydrogens is 505 g/mol. The molecule has 1 atom stereocenters. The number of alkyl halides is 3. The summed E-state index contributed by atoms with van der Waals surface area (Å²) in [5.41, 5.74) is 2.44. The average molecular weight is 521 g/mol. The average Bonchev–Trinajstić information content (AvgIpc) is 2.84. The second-order valence-electron chi connectivity index (χ2n) is 7.27. The number of carboxylic acids is 2. The Balaban J connectivity index is 0.000000454. The Bertz CT molecular complexity index is 1480. The summed E-state index contributed by atoms with van der Waals surface area (Å²) in [6, 6.07) is 11.3. The second kappa shape index (κ2) is 10.5. The van der Waals surface area contributed by atoms with Gasteiger partial charge in [0.1, 0.15) is 11.6 Å². The molecule has 9 nitrogen and oxygen atoms in total. The van der Waals surface area contributed by atoms with Crippen LogP contribution in [0.25, 0.3) is 33.4 Å². The largest absolute Gasteiger partial charge is 0.490 e. The molecule has 1 unspecified atom stereocenters. The first-order valence-corrected chi connectivity index (χ1v) is 10.4. The van der Waals surface area contributed by atoms with Crippen LogP contribution in [0.15, 0.2) is 66.0 Å². The van der Waals surface area contributed by atoms with Crippen molar-refractivity contribution in [3.63, 3.8) is 0 Å². The van der Waals surface area contributed by atoms with Gasteiger partial charge < -0.3 is 10.2 Å². The lowest BCUT2D eigenvalue weighted by molar-refractivity contribution is -0.192. The first kappa shape index (κ1) is 26.3. The summed E-state index contributed by atoms with van der Waals surface area (Å²) in [5, 5.41) is 17.3. The highest BCUT2D eigenvalue weighted by atomic mass is 35.5. The molecule has 0 radical (unpaired) electrons. The van der Waals surface area contributed by atoms with Gasteiger partial charge in [-0.2, -0.15) is 13.2 Å². The number of aromatic nitrogens is 4. The van der Waals surface area contributed by atoms with Gasteiger partial charge in [-0.3, -0.25) is 14.3 Å². The van der Waals surface area contributed by atoms with Crippen molar-refractivity contribution in [3.05, 3.63) is 76.6 Å². The van der Waals surface area contributed by atoms with E-state index in [4.69, 9.17) is 26.5 Å². The standard InChI is InChI=1S/C21H15ClN4O3.C2HF3O2/c1-12(21(28)29)26-11-24-19-16(20(26)27)9-17(13-4-6-15(22)7-5-13)25-18(19)14-3-2-8-23-10-14;3-2(4,5)1(6)7/h2-12H,1H3,(H,28,29);(H,6,7). The van der Waals surface area contributed by atoms with Crippen molar-refractivity contribution in [1.29, 1.82) is 0 Å². The van der Waals surface area contributed by atoms with Crippen LogP contribution in [0.4, 0.5) is 13.2 Å². The minimum atomic E-state index is -5.08. The molecule has 4 aromatic rings. The van der Waals surface area contributed by atoms with E-state index in [1.807, 2.05) is 6.07 Å². The Kier molecular flexibility index (Phi) is 7.68. The Morgan fingerprint density at radius 1 is 1.08 bits per heavy atom. The van der Waals surface area contributed by atoms with Gasteiger partial charge in [-0.15, -0.1) is 0 Å². The van der Waals surface area contributed by atoms with Crippen LogP contribution in [-0.4, -0.2) is 47.8 Å². The molecule has 0 aliphatic rings. The van der Waals surface area contributed by atoms with Gasteiger partial charge in [0.15, 0.2) is 0 Å². The third-order valence-electron chi connectivity index (χ3n) is 4.86. The molecule has 0 saturated carbocycles. The van der Waals surface area contributed by atoms with Crippen molar-refractivity contribution in [2.24, 2.45) is 0 Å². The highest BCUT2D eigenvalue weighted by Crippen LogP contribution is 2.29. The number of benzene rings is 1. The van der Waals surface area contributed by atoms with E-state index in [0.29, 0.717) is 27.5 Å². The molecule has 0 saturated heterocycles. The zero-order chi connectivity index (χ0) is 26.6. The number of nitrogens with zero attached hydrogens (tertiary/aromatic N) is 4. The molecule has 1 aromatic carbocycles. The van der Waals surface area contributed by atoms with E-state index in [-0.39, 0.29) is 5.39 Å². The maximum Gasteiger partial charge on any atom is 0.490 e. The molecule has 0 amide bonds. The molecule has 0 aliphatic heterocycles. The van der Waals surface area contributed by atoms with E-state index >= 15 is 0 Å². The molecule has 4 rings (SSSR count). The minimum absolute atomic E-state index is 0.277. The number of halogens is 4. The van der Waals surface area contributed by atoms with E-state index in [0.717, 1.165) is 10.1 Å². The summed E-state index contributed by atoms with van der Waals surface area (Å²) in [6.45, 7) is 1.43. The molecule has 13 heteroatoms. The van der Waals surface area contributed by atoms with Crippen molar-refractivity contribution >= 4 is 34.4 Å². The number of hydrogen-bond acceptors (Lipinski definition) is 6. The van der Waals surface area contributed by atoms with Gasteiger partial charge in [0.25, 0.3) is 5.56 Å². The molecule has 0 aliphatic carbocycles. The van der Waals surface area contributed by atoms with Crippen molar-refractivity contribution < 1.29 is 33.0 Å². The fraction of sp³-hybridized carbons (Fsp3) is 0.130. The quantitative estimate of drug-likeness (QED) is 0.403. The van der Waals surface area contributed by atoms with E-state index in [2.05, 4.69) is 9.97 Å². The molecule has 3 heterocycles. The maximum atomic E-state index is 13.1. The molecule has 186 valence electrons. The Hall–Kier alpha value is -4.32. The third kappa shape index (κ3) is 5.84. The summed E-state index contributed by atoms with van der Waals surface area (Å²) in [7, 11) is 0. The summed E-state index contributed by atoms with van der Waals surface area (Å²) >= 11 is 5.98. The van der Waals surface area contributed by atoms with Gasteiger partial charge in [-0.05, 0) is 37.3 Å². The number of aliphatic carboxylic acids is 2. The SMILES string of the molecule is CC(C(=O)O)n1cnc2c(-c3cccnc3)nc(-c3ccc(Cl)cc3)cc2c1=O.O=C(O)C(F)(F)F. The van der Waals surface area contributed by atoms with Crippen LogP contribution in [0.2, 0.25) is 5.02 Å². The van der Waals surface area contributed by atoms with Gasteiger partial charge in [0.05, 0.1) is 23.1 Å². The fourth-order valence-electron chi connectivity index (χ4n) is 3.01. The van der Waals surface area contributed by atoms with Gasteiger partial charge in [0, 0.05) is 28.5 Å². The smallest absolute Gasteiger partial charge is 0.480 e. The van der Waals surface area contributed by atoms with Crippen LogP contribution < -0.4 is 5.56 Å². The predicted molar refractivity (Wildman–Crippen MR) is 124 cm³/mol. The molecule has 2 N–H and O–H groups in total. The predicted octanol–water partition coefficient (Wildman–Crippen LogP) is 4.45. The molecule has 36 heavy (non-hydrogen) atoms.